The fourth-order valence-electron chi connectivity index (χ4n) is 2.39. The van der Waals surface area contributed by atoms with Crippen LogP contribution in [0.2, 0.25) is 0 Å². The Morgan fingerprint density at radius 1 is 1.00 bits per heavy atom. The van der Waals surface area contributed by atoms with Crippen LogP contribution in [0, 0.1) is 0 Å². The first kappa shape index (κ1) is 17.6. The van der Waals surface area contributed by atoms with Gasteiger partial charge in [0.25, 0.3) is 0 Å². The summed E-state index contributed by atoms with van der Waals surface area (Å²) in [6.45, 7) is 0.184. The first-order valence-corrected chi connectivity index (χ1v) is 9.48. The van der Waals surface area contributed by atoms with Gasteiger partial charge in [-0.1, -0.05) is 34.1 Å². The SMILES string of the molecule is CN(Cc1ccccc1Br)S(=O)(=O)c1ccc2[nH]c(=O)c(=O)[nH]c2c1. The molecule has 0 unspecified atom stereocenters. The quantitative estimate of drug-likeness (QED) is 0.624. The lowest BCUT2D eigenvalue weighted by Crippen LogP contribution is -2.29. The van der Waals surface area contributed by atoms with Gasteiger partial charge in [-0.3, -0.25) is 9.59 Å². The molecule has 0 aliphatic carbocycles. The first-order valence-electron chi connectivity index (χ1n) is 7.25. The van der Waals surface area contributed by atoms with Gasteiger partial charge in [-0.05, 0) is 29.8 Å². The van der Waals surface area contributed by atoms with Crippen molar-refractivity contribution in [2.45, 2.75) is 11.4 Å². The van der Waals surface area contributed by atoms with Gasteiger partial charge in [-0.15, -0.1) is 0 Å². The van der Waals surface area contributed by atoms with E-state index in [1.54, 1.807) is 0 Å². The predicted molar refractivity (Wildman–Crippen MR) is 98.0 cm³/mol. The molecule has 0 bridgehead atoms. The van der Waals surface area contributed by atoms with E-state index in [1.807, 2.05) is 24.3 Å². The molecule has 25 heavy (non-hydrogen) atoms. The zero-order valence-corrected chi connectivity index (χ0v) is 15.5. The van der Waals surface area contributed by atoms with Gasteiger partial charge in [0.1, 0.15) is 0 Å². The number of nitrogens with zero attached hydrogens (tertiary/aromatic N) is 1. The molecule has 2 aromatic carbocycles. The van der Waals surface area contributed by atoms with Crippen molar-refractivity contribution in [1.82, 2.24) is 14.3 Å². The Kier molecular flexibility index (Phi) is 4.63. The third kappa shape index (κ3) is 3.44. The summed E-state index contributed by atoms with van der Waals surface area (Å²) in [5.74, 6) is 0. The Balaban J connectivity index is 2.00. The van der Waals surface area contributed by atoms with Gasteiger partial charge in [-0.2, -0.15) is 4.31 Å². The Bertz CT molecular complexity index is 1170. The lowest BCUT2D eigenvalue weighted by molar-refractivity contribution is 0.466. The highest BCUT2D eigenvalue weighted by Gasteiger charge is 2.22. The zero-order chi connectivity index (χ0) is 18.2. The van der Waals surface area contributed by atoms with Crippen molar-refractivity contribution in [3.63, 3.8) is 0 Å². The van der Waals surface area contributed by atoms with Crippen molar-refractivity contribution in [2.75, 3.05) is 7.05 Å². The van der Waals surface area contributed by atoms with Crippen LogP contribution in [0.4, 0.5) is 0 Å². The van der Waals surface area contributed by atoms with Crippen molar-refractivity contribution in [1.29, 1.82) is 0 Å². The van der Waals surface area contributed by atoms with Gasteiger partial charge in [0.15, 0.2) is 0 Å². The molecular formula is C16H14BrN3O4S. The number of halogens is 1. The Labute approximate surface area is 151 Å². The fourth-order valence-corrected chi connectivity index (χ4v) is 3.97. The molecule has 0 amide bonds. The summed E-state index contributed by atoms with van der Waals surface area (Å²) in [4.78, 5) is 27.6. The van der Waals surface area contributed by atoms with Crippen molar-refractivity contribution >= 4 is 37.0 Å². The molecule has 2 N–H and O–H groups in total. The van der Waals surface area contributed by atoms with Crippen LogP contribution in [0.5, 0.6) is 0 Å². The number of aromatic amines is 2. The highest BCUT2D eigenvalue weighted by Crippen LogP contribution is 2.22. The van der Waals surface area contributed by atoms with E-state index in [0.717, 1.165) is 10.0 Å². The molecular weight excluding hydrogens is 410 g/mol. The monoisotopic (exact) mass is 423 g/mol. The Hall–Kier alpha value is -2.23. The van der Waals surface area contributed by atoms with E-state index < -0.39 is 21.1 Å². The van der Waals surface area contributed by atoms with Crippen LogP contribution < -0.4 is 11.1 Å². The smallest absolute Gasteiger partial charge is 0.314 e. The number of nitrogens with one attached hydrogen (secondary N) is 2. The molecule has 0 aliphatic heterocycles. The second-order valence-corrected chi connectivity index (χ2v) is 8.37. The molecule has 3 rings (SSSR count). The summed E-state index contributed by atoms with van der Waals surface area (Å²) in [5.41, 5.74) is -0.179. The maximum Gasteiger partial charge on any atom is 0.314 e. The molecule has 0 saturated carbocycles. The largest absolute Gasteiger partial charge is 0.316 e. The normalized spacial score (nSPS) is 12.0. The lowest BCUT2D eigenvalue weighted by atomic mass is 10.2. The molecule has 0 saturated heterocycles. The van der Waals surface area contributed by atoms with Crippen molar-refractivity contribution < 1.29 is 8.42 Å². The van der Waals surface area contributed by atoms with Gasteiger partial charge in [0.2, 0.25) is 10.0 Å². The molecule has 130 valence electrons. The summed E-state index contributed by atoms with van der Waals surface area (Å²) in [7, 11) is -2.29. The minimum atomic E-state index is -3.77. The second kappa shape index (κ2) is 6.58. The number of sulfonamides is 1. The lowest BCUT2D eigenvalue weighted by Gasteiger charge is -2.18. The third-order valence-electron chi connectivity index (χ3n) is 3.75. The van der Waals surface area contributed by atoms with E-state index in [0.29, 0.717) is 5.52 Å². The van der Waals surface area contributed by atoms with E-state index in [4.69, 9.17) is 0 Å². The first-order chi connectivity index (χ1) is 11.8. The van der Waals surface area contributed by atoms with E-state index in [1.165, 1.54) is 29.6 Å². The minimum absolute atomic E-state index is 0.0252. The molecule has 9 heteroatoms. The van der Waals surface area contributed by atoms with Crippen LogP contribution in [-0.4, -0.2) is 29.7 Å². The number of H-pyrrole nitrogens is 2. The average Bonchev–Trinajstić information content (AvgIpc) is 2.57. The summed E-state index contributed by atoms with van der Waals surface area (Å²) in [6, 6.07) is 11.5. The molecule has 0 aliphatic rings. The Morgan fingerprint density at radius 3 is 2.32 bits per heavy atom. The third-order valence-corrected chi connectivity index (χ3v) is 6.33. The molecule has 1 heterocycles. The molecule has 0 fully saturated rings. The van der Waals surface area contributed by atoms with Crippen LogP contribution >= 0.6 is 15.9 Å². The molecule has 0 radical (unpaired) electrons. The fraction of sp³-hybridized carbons (Fsp3) is 0.125. The molecule has 0 spiro atoms. The molecule has 0 atom stereocenters. The number of benzene rings is 2. The zero-order valence-electron chi connectivity index (χ0n) is 13.1. The van der Waals surface area contributed by atoms with Crippen molar-refractivity contribution in [3.8, 4) is 0 Å². The van der Waals surface area contributed by atoms with Crippen LogP contribution in [0.15, 0.2) is 61.4 Å². The van der Waals surface area contributed by atoms with Crippen LogP contribution in [-0.2, 0) is 16.6 Å². The predicted octanol–water partition coefficient (Wildman–Crippen LogP) is 1.80. The van der Waals surface area contributed by atoms with E-state index in [-0.39, 0.29) is 17.0 Å². The standard InChI is InChI=1S/C16H14BrN3O4S/c1-20(9-10-4-2-3-5-12(10)17)25(23,24)11-6-7-13-14(8-11)19-16(22)15(21)18-13/h2-8H,9H2,1H3,(H,18,21)(H,19,22). The Morgan fingerprint density at radius 2 is 1.64 bits per heavy atom. The summed E-state index contributed by atoms with van der Waals surface area (Å²) < 4.78 is 27.6. The van der Waals surface area contributed by atoms with E-state index in [9.17, 15) is 18.0 Å². The molecule has 1 aromatic heterocycles. The van der Waals surface area contributed by atoms with Gasteiger partial charge < -0.3 is 9.97 Å². The van der Waals surface area contributed by atoms with Crippen molar-refractivity contribution in [2.24, 2.45) is 0 Å². The van der Waals surface area contributed by atoms with Gasteiger partial charge >= 0.3 is 11.1 Å². The molecule has 3 aromatic rings. The van der Waals surface area contributed by atoms with Crippen molar-refractivity contribution in [3.05, 3.63) is 73.2 Å². The average molecular weight is 424 g/mol. The summed E-state index contributed by atoms with van der Waals surface area (Å²) in [5, 5.41) is 0. The van der Waals surface area contributed by atoms with Crippen LogP contribution in [0.1, 0.15) is 5.56 Å². The number of aromatic nitrogens is 2. The maximum absolute atomic E-state index is 12.8. The summed E-state index contributed by atoms with van der Waals surface area (Å²) >= 11 is 3.40. The second-order valence-electron chi connectivity index (χ2n) is 5.47. The highest BCUT2D eigenvalue weighted by molar-refractivity contribution is 9.10. The number of hydrogen-bond donors (Lipinski definition) is 2. The topological polar surface area (TPSA) is 103 Å². The number of rotatable bonds is 4. The van der Waals surface area contributed by atoms with Gasteiger partial charge in [0, 0.05) is 18.1 Å². The summed E-state index contributed by atoms with van der Waals surface area (Å²) in [6.07, 6.45) is 0. The van der Waals surface area contributed by atoms with E-state index in [2.05, 4.69) is 25.9 Å². The molecule has 7 nitrogen and oxygen atoms in total. The number of hydrogen-bond acceptors (Lipinski definition) is 4. The van der Waals surface area contributed by atoms with Crippen LogP contribution in [0.25, 0.3) is 11.0 Å². The minimum Gasteiger partial charge on any atom is -0.316 e. The van der Waals surface area contributed by atoms with E-state index >= 15 is 0 Å². The van der Waals surface area contributed by atoms with Crippen LogP contribution in [0.3, 0.4) is 0 Å². The number of fused-ring (bicyclic) bond motifs is 1. The highest BCUT2D eigenvalue weighted by atomic mass is 79.9. The van der Waals surface area contributed by atoms with Gasteiger partial charge in [-0.25, -0.2) is 8.42 Å². The maximum atomic E-state index is 12.8. The van der Waals surface area contributed by atoms with Gasteiger partial charge in [0.05, 0.1) is 15.9 Å².